The molecule has 1 unspecified atom stereocenters. The summed E-state index contributed by atoms with van der Waals surface area (Å²) in [5.41, 5.74) is 0. The molecular weight excluding hydrogens is 321 g/mol. The number of halogens is 1. The summed E-state index contributed by atoms with van der Waals surface area (Å²) in [5.74, 6) is 2.97. The average Bonchev–Trinajstić information content (AvgIpc) is 2.36. The molecule has 0 aliphatic heterocycles. The quantitative estimate of drug-likeness (QED) is 0.135. The second kappa shape index (κ2) is 10.2. The Morgan fingerprint density at radius 3 is 1.76 bits per heavy atom. The standard InChI is InChI=1S/C15H29IN/c1-5-9-11-13-17(8-4,15(16)7-3)14-12-10-6-2/h3,15H,5-6,8-14H2,1-2,4H3/q+1. The van der Waals surface area contributed by atoms with Crippen LogP contribution in [0.2, 0.25) is 0 Å². The minimum absolute atomic E-state index is 0.339. The highest BCUT2D eigenvalue weighted by Gasteiger charge is 2.31. The Morgan fingerprint density at radius 2 is 1.47 bits per heavy atom. The number of hydrogen-bond donors (Lipinski definition) is 0. The minimum atomic E-state index is 0.339. The molecule has 0 radical (unpaired) electrons. The van der Waals surface area contributed by atoms with E-state index in [0.717, 1.165) is 4.48 Å². The third-order valence-corrected chi connectivity index (χ3v) is 5.20. The SMILES string of the molecule is C#CC(I)[N+](CC)(CCCCC)CCCCC. The Morgan fingerprint density at radius 1 is 1.00 bits per heavy atom. The minimum Gasteiger partial charge on any atom is -0.303 e. The van der Waals surface area contributed by atoms with Crippen LogP contribution in [-0.4, -0.2) is 28.2 Å². The fourth-order valence-electron chi connectivity index (χ4n) is 2.33. The third kappa shape index (κ3) is 6.10. The zero-order valence-corrected chi connectivity index (χ0v) is 14.0. The van der Waals surface area contributed by atoms with Crippen LogP contribution in [0, 0.1) is 12.3 Å². The van der Waals surface area contributed by atoms with Gasteiger partial charge in [-0.15, -0.1) is 6.42 Å². The van der Waals surface area contributed by atoms with Crippen LogP contribution in [0.3, 0.4) is 0 Å². The van der Waals surface area contributed by atoms with Crippen LogP contribution in [-0.2, 0) is 0 Å². The first-order chi connectivity index (χ1) is 8.16. The maximum atomic E-state index is 5.67. The molecule has 0 spiro atoms. The van der Waals surface area contributed by atoms with Gasteiger partial charge in [0, 0.05) is 22.6 Å². The predicted molar refractivity (Wildman–Crippen MR) is 86.2 cm³/mol. The van der Waals surface area contributed by atoms with Crippen LogP contribution >= 0.6 is 22.6 Å². The van der Waals surface area contributed by atoms with E-state index in [2.05, 4.69) is 49.3 Å². The largest absolute Gasteiger partial charge is 0.303 e. The van der Waals surface area contributed by atoms with Gasteiger partial charge >= 0.3 is 0 Å². The van der Waals surface area contributed by atoms with E-state index in [4.69, 9.17) is 6.42 Å². The summed E-state index contributed by atoms with van der Waals surface area (Å²) in [7, 11) is 0. The maximum Gasteiger partial charge on any atom is 0.200 e. The second-order valence-electron chi connectivity index (χ2n) is 4.90. The lowest BCUT2D eigenvalue weighted by atomic mass is 10.1. The summed E-state index contributed by atoms with van der Waals surface area (Å²) in [6.45, 7) is 10.5. The topological polar surface area (TPSA) is 0 Å². The fourth-order valence-corrected chi connectivity index (χ4v) is 3.28. The van der Waals surface area contributed by atoms with Crippen LogP contribution in [0.15, 0.2) is 0 Å². The summed E-state index contributed by atoms with van der Waals surface area (Å²) in [6, 6.07) is 0. The van der Waals surface area contributed by atoms with Crippen molar-refractivity contribution >= 4 is 22.6 Å². The van der Waals surface area contributed by atoms with Crippen molar-refractivity contribution in [1.82, 2.24) is 0 Å². The van der Waals surface area contributed by atoms with E-state index < -0.39 is 0 Å². The van der Waals surface area contributed by atoms with Crippen LogP contribution in [0.5, 0.6) is 0 Å². The summed E-state index contributed by atoms with van der Waals surface area (Å²) in [6.07, 6.45) is 13.6. The van der Waals surface area contributed by atoms with Gasteiger partial charge in [0.1, 0.15) is 0 Å². The number of nitrogens with zero attached hydrogens (tertiary/aromatic N) is 1. The Balaban J connectivity index is 4.46. The molecule has 0 saturated heterocycles. The molecule has 1 nitrogen and oxygen atoms in total. The van der Waals surface area contributed by atoms with Crippen molar-refractivity contribution in [2.45, 2.75) is 63.3 Å². The van der Waals surface area contributed by atoms with Crippen molar-refractivity contribution in [1.29, 1.82) is 0 Å². The molecule has 0 aromatic rings. The molecule has 1 atom stereocenters. The lowest BCUT2D eigenvalue weighted by molar-refractivity contribution is -0.925. The van der Waals surface area contributed by atoms with Gasteiger partial charge in [0.2, 0.25) is 4.05 Å². The Bertz CT molecular complexity index is 209. The molecule has 100 valence electrons. The number of hydrogen-bond acceptors (Lipinski definition) is 0. The summed E-state index contributed by atoms with van der Waals surface area (Å²) in [4.78, 5) is 0. The molecule has 0 rings (SSSR count). The van der Waals surface area contributed by atoms with Crippen molar-refractivity contribution in [3.05, 3.63) is 0 Å². The van der Waals surface area contributed by atoms with Gasteiger partial charge in [-0.1, -0.05) is 26.7 Å². The smallest absolute Gasteiger partial charge is 0.200 e. The molecule has 2 heteroatoms. The third-order valence-electron chi connectivity index (χ3n) is 3.66. The van der Waals surface area contributed by atoms with E-state index in [0.29, 0.717) is 4.05 Å². The molecule has 0 amide bonds. The Kier molecular flexibility index (Phi) is 10.3. The number of rotatable bonds is 10. The van der Waals surface area contributed by atoms with E-state index in [9.17, 15) is 0 Å². The van der Waals surface area contributed by atoms with E-state index in [1.54, 1.807) is 0 Å². The predicted octanol–water partition coefficient (Wildman–Crippen LogP) is 4.60. The van der Waals surface area contributed by atoms with Gasteiger partial charge in [-0.25, -0.2) is 0 Å². The van der Waals surface area contributed by atoms with E-state index in [1.807, 2.05) is 0 Å². The first-order valence-corrected chi connectivity index (χ1v) is 8.37. The van der Waals surface area contributed by atoms with Gasteiger partial charge in [-0.3, -0.25) is 0 Å². The summed E-state index contributed by atoms with van der Waals surface area (Å²) < 4.78 is 1.46. The van der Waals surface area contributed by atoms with Gasteiger partial charge in [0.25, 0.3) is 0 Å². The van der Waals surface area contributed by atoms with Crippen LogP contribution in [0.1, 0.15) is 59.3 Å². The summed E-state index contributed by atoms with van der Waals surface area (Å²) >= 11 is 2.46. The highest BCUT2D eigenvalue weighted by molar-refractivity contribution is 14.1. The fraction of sp³-hybridized carbons (Fsp3) is 0.867. The first-order valence-electron chi connectivity index (χ1n) is 7.12. The monoisotopic (exact) mass is 350 g/mol. The Labute approximate surface area is 122 Å². The van der Waals surface area contributed by atoms with Crippen LogP contribution in [0.25, 0.3) is 0 Å². The maximum absolute atomic E-state index is 5.67. The highest BCUT2D eigenvalue weighted by Crippen LogP contribution is 2.22. The molecule has 0 aliphatic carbocycles. The van der Waals surface area contributed by atoms with Gasteiger partial charge in [0.05, 0.1) is 19.6 Å². The van der Waals surface area contributed by atoms with Crippen molar-refractivity contribution in [2.24, 2.45) is 0 Å². The summed E-state index contributed by atoms with van der Waals surface area (Å²) in [5, 5.41) is 0. The number of quaternary nitrogens is 1. The molecule has 0 aliphatic rings. The van der Waals surface area contributed by atoms with E-state index in [1.165, 1.54) is 58.2 Å². The zero-order chi connectivity index (χ0) is 13.1. The lowest BCUT2D eigenvalue weighted by Gasteiger charge is -2.40. The molecule has 0 heterocycles. The van der Waals surface area contributed by atoms with Crippen LogP contribution < -0.4 is 0 Å². The van der Waals surface area contributed by atoms with Crippen molar-refractivity contribution in [3.63, 3.8) is 0 Å². The number of unbranched alkanes of at least 4 members (excludes halogenated alkanes) is 4. The molecule has 0 saturated carbocycles. The van der Waals surface area contributed by atoms with Gasteiger partial charge in [-0.2, -0.15) is 0 Å². The van der Waals surface area contributed by atoms with Crippen molar-refractivity contribution in [3.8, 4) is 12.3 Å². The lowest BCUT2D eigenvalue weighted by Crippen LogP contribution is -2.53. The van der Waals surface area contributed by atoms with Crippen LogP contribution in [0.4, 0.5) is 0 Å². The van der Waals surface area contributed by atoms with E-state index in [-0.39, 0.29) is 0 Å². The molecule has 0 aromatic heterocycles. The normalized spacial score (nSPS) is 13.4. The molecule has 17 heavy (non-hydrogen) atoms. The molecular formula is C15H29IN+. The number of terminal acetylenes is 1. The zero-order valence-electron chi connectivity index (χ0n) is 11.8. The Hall–Kier alpha value is 0.250. The number of alkyl halides is 1. The molecule has 0 bridgehead atoms. The molecule has 0 N–H and O–H groups in total. The molecule has 0 aromatic carbocycles. The van der Waals surface area contributed by atoms with E-state index >= 15 is 0 Å². The van der Waals surface area contributed by atoms with Gasteiger partial charge < -0.3 is 4.48 Å². The van der Waals surface area contributed by atoms with Crippen molar-refractivity contribution < 1.29 is 4.48 Å². The van der Waals surface area contributed by atoms with Gasteiger partial charge in [-0.05, 0) is 38.5 Å². The average molecular weight is 350 g/mol. The van der Waals surface area contributed by atoms with Crippen molar-refractivity contribution in [2.75, 3.05) is 19.6 Å². The second-order valence-corrected chi connectivity index (χ2v) is 6.08. The van der Waals surface area contributed by atoms with Gasteiger partial charge in [0.15, 0.2) is 0 Å². The first kappa shape index (κ1) is 17.2. The highest BCUT2D eigenvalue weighted by atomic mass is 127. The molecule has 0 fully saturated rings.